The van der Waals surface area contributed by atoms with Crippen LogP contribution in [0.1, 0.15) is 18.1 Å². The molecule has 2 aromatic carbocycles. The molecule has 0 aliphatic carbocycles. The Labute approximate surface area is 125 Å². The molecule has 2 aromatic rings. The van der Waals surface area contributed by atoms with E-state index in [1.807, 2.05) is 36.4 Å². The maximum atomic E-state index is 11.2. The average Bonchev–Trinajstić information content (AvgIpc) is 2.53. The smallest absolute Gasteiger partial charge is 0.130 e. The molecule has 0 fully saturated rings. The monoisotopic (exact) mass is 287 g/mol. The van der Waals surface area contributed by atoms with Gasteiger partial charge in [-0.2, -0.15) is 0 Å². The summed E-state index contributed by atoms with van der Waals surface area (Å²) in [5, 5.41) is 11.2. The van der Waals surface area contributed by atoms with Crippen LogP contribution in [-0.4, -0.2) is 25.4 Å². The van der Waals surface area contributed by atoms with Crippen molar-refractivity contribution in [2.24, 2.45) is 5.73 Å². The molecule has 0 saturated carbocycles. The molecule has 3 N–H and O–H groups in total. The van der Waals surface area contributed by atoms with Gasteiger partial charge >= 0.3 is 0 Å². The maximum absolute atomic E-state index is 11.2. The molecule has 0 bridgehead atoms. The zero-order valence-electron chi connectivity index (χ0n) is 12.5. The zero-order chi connectivity index (χ0) is 15.5. The Bertz CT molecular complexity index is 563. The average molecular weight is 287 g/mol. The molecule has 21 heavy (non-hydrogen) atoms. The predicted octanol–water partition coefficient (Wildman–Crippen LogP) is 2.29. The molecule has 0 spiro atoms. The number of nitrogens with two attached hydrogens (primary N) is 1. The Hall–Kier alpha value is -2.04. The van der Waals surface area contributed by atoms with Gasteiger partial charge < -0.3 is 20.3 Å². The molecule has 4 nitrogen and oxygen atoms in total. The van der Waals surface area contributed by atoms with E-state index < -0.39 is 11.6 Å². The summed E-state index contributed by atoms with van der Waals surface area (Å²) in [6, 6.07) is 14.1. The molecule has 0 saturated heterocycles. The Balaban J connectivity index is 2.58. The van der Waals surface area contributed by atoms with E-state index in [-0.39, 0.29) is 0 Å². The lowest BCUT2D eigenvalue weighted by Gasteiger charge is -2.33. The van der Waals surface area contributed by atoms with Gasteiger partial charge in [0.05, 0.1) is 14.2 Å². The third-order valence-corrected chi connectivity index (χ3v) is 3.68. The van der Waals surface area contributed by atoms with Crippen LogP contribution in [0.5, 0.6) is 11.5 Å². The van der Waals surface area contributed by atoms with E-state index in [1.165, 1.54) is 0 Å². The molecule has 1 atom stereocenters. The molecule has 0 amide bonds. The standard InChI is InChI=1S/C17H21NO3/c1-12(18)17(19,13-6-4-8-15(10-13)20-2)14-7-5-9-16(11-14)21-3/h4-12,19H,18H2,1-3H3/t12-/m1/s1. The molecule has 0 aliphatic heterocycles. The first-order valence-corrected chi connectivity index (χ1v) is 6.79. The fourth-order valence-corrected chi connectivity index (χ4v) is 2.41. The number of rotatable bonds is 5. The highest BCUT2D eigenvalue weighted by atomic mass is 16.5. The number of benzene rings is 2. The molecule has 2 rings (SSSR count). The number of hydrogen-bond acceptors (Lipinski definition) is 4. The summed E-state index contributed by atoms with van der Waals surface area (Å²) in [5.41, 5.74) is 6.14. The largest absolute Gasteiger partial charge is 0.497 e. The molecule has 0 aliphatic rings. The lowest BCUT2D eigenvalue weighted by Crippen LogP contribution is -2.44. The Morgan fingerprint density at radius 1 is 0.952 bits per heavy atom. The molecule has 0 heterocycles. The van der Waals surface area contributed by atoms with Crippen LogP contribution >= 0.6 is 0 Å². The highest BCUT2D eigenvalue weighted by Gasteiger charge is 2.36. The minimum Gasteiger partial charge on any atom is -0.497 e. The van der Waals surface area contributed by atoms with Crippen LogP contribution < -0.4 is 15.2 Å². The van der Waals surface area contributed by atoms with Gasteiger partial charge in [0, 0.05) is 6.04 Å². The molecular weight excluding hydrogens is 266 g/mol. The summed E-state index contributed by atoms with van der Waals surface area (Å²) in [4.78, 5) is 0. The first-order chi connectivity index (χ1) is 10.0. The van der Waals surface area contributed by atoms with Crippen molar-refractivity contribution in [2.75, 3.05) is 14.2 Å². The summed E-state index contributed by atoms with van der Waals surface area (Å²) in [6.07, 6.45) is 0. The summed E-state index contributed by atoms with van der Waals surface area (Å²) in [5.74, 6) is 1.35. The summed E-state index contributed by atoms with van der Waals surface area (Å²) >= 11 is 0. The fraction of sp³-hybridized carbons (Fsp3) is 0.294. The van der Waals surface area contributed by atoms with Gasteiger partial charge in [0.1, 0.15) is 17.1 Å². The SMILES string of the molecule is COc1cccc(C(O)(c2cccc(OC)c2)[C@@H](C)N)c1. The normalized spacial score (nSPS) is 12.8. The van der Waals surface area contributed by atoms with E-state index in [9.17, 15) is 5.11 Å². The van der Waals surface area contributed by atoms with Crippen LogP contribution in [0.25, 0.3) is 0 Å². The Kier molecular flexibility index (Phi) is 4.50. The minimum absolute atomic E-state index is 0.503. The fourth-order valence-electron chi connectivity index (χ4n) is 2.41. The summed E-state index contributed by atoms with van der Waals surface area (Å²) in [7, 11) is 3.19. The third kappa shape index (κ3) is 2.86. The minimum atomic E-state index is -1.32. The summed E-state index contributed by atoms with van der Waals surface area (Å²) in [6.45, 7) is 1.78. The predicted molar refractivity (Wildman–Crippen MR) is 82.6 cm³/mol. The lowest BCUT2D eigenvalue weighted by molar-refractivity contribution is 0.0574. The van der Waals surface area contributed by atoms with Gasteiger partial charge in [-0.25, -0.2) is 0 Å². The molecule has 0 aromatic heterocycles. The second-order valence-electron chi connectivity index (χ2n) is 5.02. The Morgan fingerprint density at radius 3 is 1.71 bits per heavy atom. The second-order valence-corrected chi connectivity index (χ2v) is 5.02. The van der Waals surface area contributed by atoms with E-state index >= 15 is 0 Å². The first-order valence-electron chi connectivity index (χ1n) is 6.79. The maximum Gasteiger partial charge on any atom is 0.130 e. The van der Waals surface area contributed by atoms with Gasteiger partial charge in [-0.3, -0.25) is 0 Å². The van der Waals surface area contributed by atoms with Crippen molar-refractivity contribution in [1.82, 2.24) is 0 Å². The van der Waals surface area contributed by atoms with Crippen molar-refractivity contribution < 1.29 is 14.6 Å². The van der Waals surface area contributed by atoms with Crippen LogP contribution in [0.15, 0.2) is 48.5 Å². The van der Waals surface area contributed by atoms with Crippen molar-refractivity contribution in [1.29, 1.82) is 0 Å². The van der Waals surface area contributed by atoms with Gasteiger partial charge in [0.25, 0.3) is 0 Å². The van der Waals surface area contributed by atoms with Crippen molar-refractivity contribution in [3.63, 3.8) is 0 Å². The highest BCUT2D eigenvalue weighted by Crippen LogP contribution is 2.35. The van der Waals surface area contributed by atoms with Crippen molar-refractivity contribution >= 4 is 0 Å². The number of hydrogen-bond donors (Lipinski definition) is 2. The topological polar surface area (TPSA) is 64.7 Å². The van der Waals surface area contributed by atoms with Crippen LogP contribution in [0.2, 0.25) is 0 Å². The van der Waals surface area contributed by atoms with Gasteiger partial charge in [-0.15, -0.1) is 0 Å². The van der Waals surface area contributed by atoms with Crippen molar-refractivity contribution in [3.8, 4) is 11.5 Å². The van der Waals surface area contributed by atoms with E-state index in [1.54, 1.807) is 33.3 Å². The third-order valence-electron chi connectivity index (χ3n) is 3.68. The van der Waals surface area contributed by atoms with Crippen molar-refractivity contribution in [2.45, 2.75) is 18.6 Å². The highest BCUT2D eigenvalue weighted by molar-refractivity contribution is 5.43. The van der Waals surface area contributed by atoms with Gasteiger partial charge in [0.15, 0.2) is 0 Å². The van der Waals surface area contributed by atoms with Crippen LogP contribution in [0, 0.1) is 0 Å². The summed E-state index contributed by atoms with van der Waals surface area (Å²) < 4.78 is 10.5. The van der Waals surface area contributed by atoms with E-state index in [4.69, 9.17) is 15.2 Å². The second kappa shape index (κ2) is 6.16. The molecule has 0 radical (unpaired) electrons. The van der Waals surface area contributed by atoms with Crippen LogP contribution in [0.4, 0.5) is 0 Å². The zero-order valence-corrected chi connectivity index (χ0v) is 12.5. The van der Waals surface area contributed by atoms with Gasteiger partial charge in [-0.1, -0.05) is 24.3 Å². The van der Waals surface area contributed by atoms with Gasteiger partial charge in [-0.05, 0) is 42.3 Å². The lowest BCUT2D eigenvalue weighted by atomic mass is 9.81. The van der Waals surface area contributed by atoms with E-state index in [0.717, 1.165) is 0 Å². The number of ether oxygens (including phenoxy) is 2. The van der Waals surface area contributed by atoms with Crippen LogP contribution in [-0.2, 0) is 5.60 Å². The van der Waals surface area contributed by atoms with Crippen LogP contribution in [0.3, 0.4) is 0 Å². The molecule has 0 unspecified atom stereocenters. The Morgan fingerprint density at radius 2 is 1.38 bits per heavy atom. The van der Waals surface area contributed by atoms with Gasteiger partial charge in [0.2, 0.25) is 0 Å². The molecule has 112 valence electrons. The number of methoxy groups -OCH3 is 2. The first kappa shape index (κ1) is 15.4. The quantitative estimate of drug-likeness (QED) is 0.885. The number of aliphatic hydroxyl groups is 1. The molecule has 4 heteroatoms. The van der Waals surface area contributed by atoms with E-state index in [2.05, 4.69) is 0 Å². The van der Waals surface area contributed by atoms with Crippen molar-refractivity contribution in [3.05, 3.63) is 59.7 Å². The molecular formula is C17H21NO3. The van der Waals surface area contributed by atoms with E-state index in [0.29, 0.717) is 22.6 Å².